The number of amides is 3. The van der Waals surface area contributed by atoms with E-state index >= 15 is 0 Å². The Morgan fingerprint density at radius 2 is 2.00 bits per heavy atom. The van der Waals surface area contributed by atoms with Crippen LogP contribution < -0.4 is 16.0 Å². The third-order valence-electron chi connectivity index (χ3n) is 1.72. The Balaban J connectivity index is 4.00. The van der Waals surface area contributed by atoms with Crippen molar-refractivity contribution in [3.8, 4) is 12.3 Å². The third-order valence-corrected chi connectivity index (χ3v) is 1.72. The first-order valence-corrected chi connectivity index (χ1v) is 4.82. The fraction of sp³-hybridized carbons (Fsp3) is 0.600. The van der Waals surface area contributed by atoms with Crippen LogP contribution in [-0.4, -0.2) is 30.6 Å². The molecule has 0 radical (unpaired) electrons. The molecular formula is C10H17N3O2. The molecule has 0 aliphatic rings. The molecule has 0 aromatic rings. The van der Waals surface area contributed by atoms with Gasteiger partial charge in [-0.1, -0.05) is 5.92 Å². The fourth-order valence-electron chi connectivity index (χ4n) is 0.924. The highest BCUT2D eigenvalue weighted by Gasteiger charge is 2.16. The van der Waals surface area contributed by atoms with E-state index in [4.69, 9.17) is 6.42 Å². The first-order valence-electron chi connectivity index (χ1n) is 4.82. The first-order chi connectivity index (χ1) is 7.01. The van der Waals surface area contributed by atoms with Gasteiger partial charge in [0.15, 0.2) is 0 Å². The molecule has 0 aliphatic carbocycles. The van der Waals surface area contributed by atoms with Gasteiger partial charge in [-0.05, 0) is 20.8 Å². The maximum absolute atomic E-state index is 11.4. The predicted molar refractivity (Wildman–Crippen MR) is 58.1 cm³/mol. The van der Waals surface area contributed by atoms with Crippen molar-refractivity contribution in [3.05, 3.63) is 0 Å². The van der Waals surface area contributed by atoms with Crippen LogP contribution in [0, 0.1) is 12.3 Å². The normalized spacial score (nSPS) is 13.5. The van der Waals surface area contributed by atoms with E-state index in [-0.39, 0.29) is 6.04 Å². The maximum Gasteiger partial charge on any atom is 0.321 e. The Kier molecular flexibility index (Phi) is 6.14. The van der Waals surface area contributed by atoms with Crippen LogP contribution in [-0.2, 0) is 4.79 Å². The van der Waals surface area contributed by atoms with Crippen molar-refractivity contribution in [1.82, 2.24) is 16.0 Å². The number of carbonyl (C=O) groups excluding carboxylic acids is 2. The van der Waals surface area contributed by atoms with Gasteiger partial charge >= 0.3 is 6.03 Å². The maximum atomic E-state index is 11.4. The minimum Gasteiger partial charge on any atom is -0.338 e. The van der Waals surface area contributed by atoms with E-state index in [1.165, 1.54) is 0 Å². The molecule has 0 aliphatic heterocycles. The summed E-state index contributed by atoms with van der Waals surface area (Å²) in [4.78, 5) is 22.4. The summed E-state index contributed by atoms with van der Waals surface area (Å²) in [5.41, 5.74) is 0. The van der Waals surface area contributed by atoms with Crippen molar-refractivity contribution in [2.75, 3.05) is 6.54 Å². The molecule has 0 fully saturated rings. The molecule has 2 atom stereocenters. The largest absolute Gasteiger partial charge is 0.338 e. The Morgan fingerprint density at radius 3 is 2.47 bits per heavy atom. The fourth-order valence-corrected chi connectivity index (χ4v) is 0.924. The van der Waals surface area contributed by atoms with Crippen LogP contribution in [0.3, 0.4) is 0 Å². The average Bonchev–Trinajstić information content (AvgIpc) is 2.17. The number of nitrogens with one attached hydrogen (secondary N) is 3. The molecule has 0 aromatic carbocycles. The van der Waals surface area contributed by atoms with Gasteiger partial charge < -0.3 is 5.32 Å². The monoisotopic (exact) mass is 211 g/mol. The van der Waals surface area contributed by atoms with Crippen molar-refractivity contribution in [3.63, 3.8) is 0 Å². The van der Waals surface area contributed by atoms with E-state index in [2.05, 4.69) is 21.9 Å². The van der Waals surface area contributed by atoms with E-state index in [0.717, 1.165) is 0 Å². The van der Waals surface area contributed by atoms with Crippen LogP contribution >= 0.6 is 0 Å². The Labute approximate surface area is 90.0 Å². The molecule has 0 heterocycles. The molecule has 5 heteroatoms. The first kappa shape index (κ1) is 13.5. The van der Waals surface area contributed by atoms with Gasteiger partial charge in [0.05, 0.1) is 12.1 Å². The number of rotatable bonds is 4. The smallest absolute Gasteiger partial charge is 0.321 e. The van der Waals surface area contributed by atoms with E-state index in [1.807, 2.05) is 0 Å². The van der Waals surface area contributed by atoms with Crippen molar-refractivity contribution in [2.45, 2.75) is 32.9 Å². The SMILES string of the molecule is C#CC(C)NC(C)C(=O)NC(=O)NCC. The molecule has 0 aromatic heterocycles. The third kappa shape index (κ3) is 5.70. The highest BCUT2D eigenvalue weighted by Crippen LogP contribution is 1.86. The van der Waals surface area contributed by atoms with Gasteiger partial charge in [-0.15, -0.1) is 6.42 Å². The lowest BCUT2D eigenvalue weighted by molar-refractivity contribution is -0.121. The topological polar surface area (TPSA) is 70.2 Å². The summed E-state index contributed by atoms with van der Waals surface area (Å²) in [7, 11) is 0. The van der Waals surface area contributed by atoms with Crippen LogP contribution in [0.4, 0.5) is 4.79 Å². The summed E-state index contributed by atoms with van der Waals surface area (Å²) >= 11 is 0. The second kappa shape index (κ2) is 6.85. The summed E-state index contributed by atoms with van der Waals surface area (Å²) < 4.78 is 0. The number of imide groups is 1. The number of hydrogen-bond donors (Lipinski definition) is 3. The van der Waals surface area contributed by atoms with E-state index < -0.39 is 18.0 Å². The summed E-state index contributed by atoms with van der Waals surface area (Å²) in [5.74, 6) is 2.04. The van der Waals surface area contributed by atoms with Crippen LogP contribution in [0.15, 0.2) is 0 Å². The van der Waals surface area contributed by atoms with Gasteiger partial charge in [0.1, 0.15) is 0 Å². The zero-order valence-electron chi connectivity index (χ0n) is 9.26. The average molecular weight is 211 g/mol. The molecule has 5 nitrogen and oxygen atoms in total. The highest BCUT2D eigenvalue weighted by atomic mass is 16.2. The summed E-state index contributed by atoms with van der Waals surface area (Å²) in [6, 6.07) is -1.21. The number of hydrogen-bond acceptors (Lipinski definition) is 3. The van der Waals surface area contributed by atoms with Gasteiger partial charge in [-0.2, -0.15) is 0 Å². The summed E-state index contributed by atoms with van der Waals surface area (Å²) in [6.45, 7) is 5.64. The molecule has 3 N–H and O–H groups in total. The molecule has 3 amide bonds. The molecule has 0 spiro atoms. The molecular weight excluding hydrogens is 194 g/mol. The summed E-state index contributed by atoms with van der Waals surface area (Å²) in [5, 5.41) is 7.50. The van der Waals surface area contributed by atoms with Gasteiger partial charge in [-0.3, -0.25) is 15.4 Å². The standard InChI is InChI=1S/C10H17N3O2/c1-5-7(3)12-8(4)9(14)13-10(15)11-6-2/h1,7-8,12H,6H2,2-4H3,(H2,11,13,14,15). The van der Waals surface area contributed by atoms with Crippen LogP contribution in [0.25, 0.3) is 0 Å². The van der Waals surface area contributed by atoms with Crippen LogP contribution in [0.5, 0.6) is 0 Å². The Bertz CT molecular complexity index is 270. The quantitative estimate of drug-likeness (QED) is 0.565. The van der Waals surface area contributed by atoms with Crippen molar-refractivity contribution in [2.24, 2.45) is 0 Å². The van der Waals surface area contributed by atoms with E-state index in [1.54, 1.807) is 20.8 Å². The second-order valence-electron chi connectivity index (χ2n) is 3.13. The molecule has 84 valence electrons. The molecule has 0 rings (SSSR count). The van der Waals surface area contributed by atoms with E-state index in [0.29, 0.717) is 6.54 Å². The van der Waals surface area contributed by atoms with Crippen LogP contribution in [0.2, 0.25) is 0 Å². The van der Waals surface area contributed by atoms with Gasteiger partial charge in [0, 0.05) is 6.54 Å². The second-order valence-corrected chi connectivity index (χ2v) is 3.13. The number of urea groups is 1. The molecule has 0 saturated carbocycles. The molecule has 0 bridgehead atoms. The molecule has 2 unspecified atom stereocenters. The zero-order valence-corrected chi connectivity index (χ0v) is 9.26. The highest BCUT2D eigenvalue weighted by molar-refractivity contribution is 5.96. The number of terminal acetylenes is 1. The lowest BCUT2D eigenvalue weighted by atomic mass is 10.2. The van der Waals surface area contributed by atoms with Gasteiger partial charge in [0.2, 0.25) is 5.91 Å². The molecule has 0 saturated heterocycles. The van der Waals surface area contributed by atoms with Gasteiger partial charge in [0.25, 0.3) is 0 Å². The minimum atomic E-state index is -0.501. The van der Waals surface area contributed by atoms with Crippen LogP contribution in [0.1, 0.15) is 20.8 Å². The van der Waals surface area contributed by atoms with Gasteiger partial charge in [-0.25, -0.2) is 4.79 Å². The van der Waals surface area contributed by atoms with Crippen molar-refractivity contribution in [1.29, 1.82) is 0 Å². The number of carbonyl (C=O) groups is 2. The Morgan fingerprint density at radius 1 is 1.40 bits per heavy atom. The van der Waals surface area contributed by atoms with E-state index in [9.17, 15) is 9.59 Å². The minimum absolute atomic E-state index is 0.208. The Hall–Kier alpha value is -1.54. The van der Waals surface area contributed by atoms with Crippen molar-refractivity contribution >= 4 is 11.9 Å². The summed E-state index contributed by atoms with van der Waals surface area (Å²) in [6.07, 6.45) is 5.15. The predicted octanol–water partition coefficient (Wildman–Crippen LogP) is -0.168. The van der Waals surface area contributed by atoms with Crippen molar-refractivity contribution < 1.29 is 9.59 Å². The zero-order chi connectivity index (χ0) is 11.8. The lowest BCUT2D eigenvalue weighted by Crippen LogP contribution is -2.49. The lowest BCUT2D eigenvalue weighted by Gasteiger charge is -2.15. The molecule has 15 heavy (non-hydrogen) atoms.